The van der Waals surface area contributed by atoms with Gasteiger partial charge < -0.3 is 15.3 Å². The Morgan fingerprint density at radius 2 is 1.55 bits per heavy atom. The van der Waals surface area contributed by atoms with Crippen molar-refractivity contribution in [1.29, 1.82) is 0 Å². The molecule has 0 aromatic rings. The zero-order valence-corrected chi connectivity index (χ0v) is 19.3. The topological polar surface area (TPSA) is 60.7 Å². The van der Waals surface area contributed by atoms with E-state index in [0.29, 0.717) is 35.0 Å². The van der Waals surface area contributed by atoms with Crippen LogP contribution in [0.2, 0.25) is 0 Å². The Labute approximate surface area is 178 Å². The van der Waals surface area contributed by atoms with Gasteiger partial charge in [0.1, 0.15) is 0 Å². The van der Waals surface area contributed by atoms with Crippen LogP contribution in [0.4, 0.5) is 0 Å². The first-order valence-corrected chi connectivity index (χ1v) is 12.2. The van der Waals surface area contributed by atoms with Crippen LogP contribution in [0.15, 0.2) is 12.2 Å². The predicted octanol–water partition coefficient (Wildman–Crippen LogP) is 4.94. The summed E-state index contributed by atoms with van der Waals surface area (Å²) in [6.45, 7) is 11.0. The molecule has 0 saturated heterocycles. The fourth-order valence-electron chi connectivity index (χ4n) is 8.70. The Hall–Kier alpha value is -0.380. The van der Waals surface area contributed by atoms with Crippen LogP contribution in [0.1, 0.15) is 86.0 Å². The minimum Gasteiger partial charge on any atom is -0.393 e. The van der Waals surface area contributed by atoms with Gasteiger partial charge in [-0.3, -0.25) is 0 Å². The van der Waals surface area contributed by atoms with Crippen LogP contribution < -0.4 is 0 Å². The van der Waals surface area contributed by atoms with Gasteiger partial charge in [0.05, 0.1) is 17.8 Å². The van der Waals surface area contributed by atoms with Gasteiger partial charge in [-0.1, -0.05) is 32.9 Å². The van der Waals surface area contributed by atoms with Gasteiger partial charge in [0, 0.05) is 0 Å². The molecular formula is C26H44O3. The number of allylic oxidation sites excluding steroid dienone is 1. The van der Waals surface area contributed by atoms with Gasteiger partial charge in [-0.15, -0.1) is 0 Å². The molecule has 10 atom stereocenters. The molecule has 3 heteroatoms. The van der Waals surface area contributed by atoms with E-state index in [1.165, 1.54) is 25.7 Å². The van der Waals surface area contributed by atoms with E-state index >= 15 is 0 Å². The van der Waals surface area contributed by atoms with E-state index in [1.54, 1.807) is 0 Å². The summed E-state index contributed by atoms with van der Waals surface area (Å²) in [4.78, 5) is 0. The second-order valence-electron chi connectivity index (χ2n) is 12.3. The first-order chi connectivity index (χ1) is 13.5. The van der Waals surface area contributed by atoms with E-state index < -0.39 is 5.60 Å². The SMILES string of the molecule is CC(/C=C/C(C)(C)O)C1CCC2C3C[C@H](O)[C@@H]4C[C@H](O)CCC4(C)C3CCC12C. The van der Waals surface area contributed by atoms with Crippen molar-refractivity contribution in [2.75, 3.05) is 0 Å². The molecule has 0 aliphatic heterocycles. The van der Waals surface area contributed by atoms with Crippen LogP contribution in [-0.4, -0.2) is 33.1 Å². The quantitative estimate of drug-likeness (QED) is 0.584. The largest absolute Gasteiger partial charge is 0.393 e. The number of hydrogen-bond donors (Lipinski definition) is 3. The normalized spacial score (nSPS) is 51.4. The Morgan fingerprint density at radius 3 is 2.24 bits per heavy atom. The lowest BCUT2D eigenvalue weighted by Crippen LogP contribution is -2.58. The minimum atomic E-state index is -0.743. The number of fused-ring (bicyclic) bond motifs is 5. The highest BCUT2D eigenvalue weighted by Gasteiger charge is 2.62. The highest BCUT2D eigenvalue weighted by Crippen LogP contribution is 2.68. The molecular weight excluding hydrogens is 360 g/mol. The summed E-state index contributed by atoms with van der Waals surface area (Å²) in [5.74, 6) is 3.49. The summed E-state index contributed by atoms with van der Waals surface area (Å²) in [5, 5.41) is 31.5. The van der Waals surface area contributed by atoms with Crippen molar-refractivity contribution < 1.29 is 15.3 Å². The highest BCUT2D eigenvalue weighted by atomic mass is 16.3. The predicted molar refractivity (Wildman–Crippen MR) is 117 cm³/mol. The summed E-state index contributed by atoms with van der Waals surface area (Å²) < 4.78 is 0. The van der Waals surface area contributed by atoms with Gasteiger partial charge in [-0.2, -0.15) is 0 Å². The standard InChI is InChI=1S/C26H44O3/c1-16(8-11-24(2,3)29)19-6-7-20-18-15-23(28)22-14-17(27)9-12-26(22,5)21(18)10-13-25(19,20)4/h8,11,16-23,27-29H,6-7,9-10,12-15H2,1-5H3/b11-8+/t16?,17-,18?,19?,20?,21?,22+,23+,25?,26?/m1/s1. The summed E-state index contributed by atoms with van der Waals surface area (Å²) >= 11 is 0. The lowest BCUT2D eigenvalue weighted by atomic mass is 9.44. The van der Waals surface area contributed by atoms with Gasteiger partial charge in [-0.05, 0) is 112 Å². The molecule has 7 unspecified atom stereocenters. The van der Waals surface area contributed by atoms with Gasteiger partial charge in [0.2, 0.25) is 0 Å². The van der Waals surface area contributed by atoms with Crippen molar-refractivity contribution in [3.8, 4) is 0 Å². The first kappa shape index (κ1) is 21.8. The van der Waals surface area contributed by atoms with E-state index in [0.717, 1.165) is 25.7 Å². The zero-order valence-electron chi connectivity index (χ0n) is 19.3. The van der Waals surface area contributed by atoms with Crippen LogP contribution in [0, 0.1) is 46.3 Å². The number of hydrogen-bond acceptors (Lipinski definition) is 3. The van der Waals surface area contributed by atoms with Crippen molar-refractivity contribution in [3.05, 3.63) is 12.2 Å². The van der Waals surface area contributed by atoms with Gasteiger partial charge in [0.25, 0.3) is 0 Å². The molecule has 166 valence electrons. The Bertz CT molecular complexity index is 636. The molecule has 0 amide bonds. The van der Waals surface area contributed by atoms with Gasteiger partial charge in [-0.25, -0.2) is 0 Å². The highest BCUT2D eigenvalue weighted by molar-refractivity contribution is 5.13. The maximum atomic E-state index is 11.1. The van der Waals surface area contributed by atoms with E-state index in [9.17, 15) is 15.3 Å². The molecule has 0 aromatic heterocycles. The van der Waals surface area contributed by atoms with E-state index in [-0.39, 0.29) is 23.5 Å². The third kappa shape index (κ3) is 3.64. The van der Waals surface area contributed by atoms with Crippen molar-refractivity contribution in [1.82, 2.24) is 0 Å². The average molecular weight is 405 g/mol. The summed E-state index contributed by atoms with van der Waals surface area (Å²) in [5.41, 5.74) is -0.192. The summed E-state index contributed by atoms with van der Waals surface area (Å²) in [6.07, 6.45) is 12.6. The molecule has 0 radical (unpaired) electrons. The van der Waals surface area contributed by atoms with Crippen molar-refractivity contribution in [3.63, 3.8) is 0 Å². The maximum absolute atomic E-state index is 11.1. The van der Waals surface area contributed by atoms with Crippen LogP contribution in [0.3, 0.4) is 0 Å². The molecule has 0 bridgehead atoms. The molecule has 4 aliphatic rings. The maximum Gasteiger partial charge on any atom is 0.0771 e. The molecule has 0 heterocycles. The third-order valence-corrected chi connectivity index (χ3v) is 10.2. The molecule has 4 aliphatic carbocycles. The van der Waals surface area contributed by atoms with Crippen LogP contribution in [0.25, 0.3) is 0 Å². The lowest BCUT2D eigenvalue weighted by Gasteiger charge is -2.62. The van der Waals surface area contributed by atoms with Gasteiger partial charge in [0.15, 0.2) is 0 Å². The van der Waals surface area contributed by atoms with Crippen LogP contribution in [0.5, 0.6) is 0 Å². The van der Waals surface area contributed by atoms with E-state index in [2.05, 4.69) is 26.8 Å². The number of rotatable bonds is 3. The fourth-order valence-corrected chi connectivity index (χ4v) is 8.70. The van der Waals surface area contributed by atoms with Crippen LogP contribution in [-0.2, 0) is 0 Å². The molecule has 3 N–H and O–H groups in total. The monoisotopic (exact) mass is 404 g/mol. The van der Waals surface area contributed by atoms with E-state index in [1.807, 2.05) is 19.9 Å². The van der Waals surface area contributed by atoms with Crippen molar-refractivity contribution in [2.45, 2.75) is 104 Å². The Balaban J connectivity index is 1.56. The molecule has 4 rings (SSSR count). The summed E-state index contributed by atoms with van der Waals surface area (Å²) in [7, 11) is 0. The molecule has 4 fully saturated rings. The van der Waals surface area contributed by atoms with Gasteiger partial charge >= 0.3 is 0 Å². The summed E-state index contributed by atoms with van der Waals surface area (Å²) in [6, 6.07) is 0. The second-order valence-corrected chi connectivity index (χ2v) is 12.3. The second kappa shape index (κ2) is 7.35. The molecule has 0 spiro atoms. The number of aliphatic hydroxyl groups excluding tert-OH is 2. The average Bonchev–Trinajstić information content (AvgIpc) is 2.98. The lowest BCUT2D eigenvalue weighted by molar-refractivity contribution is -0.171. The molecule has 3 nitrogen and oxygen atoms in total. The first-order valence-electron chi connectivity index (χ1n) is 12.2. The molecule has 29 heavy (non-hydrogen) atoms. The van der Waals surface area contributed by atoms with Crippen molar-refractivity contribution >= 4 is 0 Å². The number of aliphatic hydroxyl groups is 3. The Morgan fingerprint density at radius 1 is 0.897 bits per heavy atom. The van der Waals surface area contributed by atoms with Crippen molar-refractivity contribution in [2.24, 2.45) is 46.3 Å². The van der Waals surface area contributed by atoms with Crippen LogP contribution >= 0.6 is 0 Å². The molecule has 4 saturated carbocycles. The minimum absolute atomic E-state index is 0.202. The smallest absolute Gasteiger partial charge is 0.0771 e. The fraction of sp³-hybridized carbons (Fsp3) is 0.923. The third-order valence-electron chi connectivity index (χ3n) is 10.2. The Kier molecular flexibility index (Phi) is 5.53. The zero-order chi connectivity index (χ0) is 21.2. The molecule has 0 aromatic carbocycles. The van der Waals surface area contributed by atoms with E-state index in [4.69, 9.17) is 0 Å².